The van der Waals surface area contributed by atoms with Crippen LogP contribution in [0.5, 0.6) is 28.7 Å². The van der Waals surface area contributed by atoms with Gasteiger partial charge < -0.3 is 29.9 Å². The summed E-state index contributed by atoms with van der Waals surface area (Å²) in [6, 6.07) is 14.4. The van der Waals surface area contributed by atoms with E-state index in [0.29, 0.717) is 11.8 Å². The molecule has 0 fully saturated rings. The molecule has 0 aliphatic heterocycles. The maximum atomic E-state index is 11.3. The van der Waals surface area contributed by atoms with Crippen molar-refractivity contribution >= 4 is 6.29 Å². The molecule has 3 aromatic carbocycles. The van der Waals surface area contributed by atoms with Crippen LogP contribution in [0.1, 0.15) is 38.9 Å². The number of aliphatic hydroxyl groups is 1. The summed E-state index contributed by atoms with van der Waals surface area (Å²) in [6.45, 7) is -0.278. The topological polar surface area (TPSA) is 116 Å². The Bertz CT molecular complexity index is 1020. The summed E-state index contributed by atoms with van der Waals surface area (Å²) in [4.78, 5) is 11.3. The Labute approximate surface area is 179 Å². The number of phenolic OH excluding ortho intramolecular Hbond substituents is 3. The van der Waals surface area contributed by atoms with Crippen molar-refractivity contribution in [1.29, 1.82) is 0 Å². The summed E-state index contributed by atoms with van der Waals surface area (Å²) in [6.07, 6.45) is 0.551. The number of rotatable bonds is 8. The van der Waals surface area contributed by atoms with Crippen molar-refractivity contribution in [3.8, 4) is 28.7 Å². The van der Waals surface area contributed by atoms with Gasteiger partial charge in [0.25, 0.3) is 0 Å². The highest BCUT2D eigenvalue weighted by Gasteiger charge is 2.28. The second-order valence-corrected chi connectivity index (χ2v) is 7.07. The predicted molar refractivity (Wildman–Crippen MR) is 114 cm³/mol. The van der Waals surface area contributed by atoms with Gasteiger partial charge in [-0.05, 0) is 53.1 Å². The molecule has 0 aromatic heterocycles. The Morgan fingerprint density at radius 1 is 0.774 bits per heavy atom. The van der Waals surface area contributed by atoms with Gasteiger partial charge in [-0.1, -0.05) is 18.2 Å². The molecule has 1 unspecified atom stereocenters. The van der Waals surface area contributed by atoms with Crippen LogP contribution in [-0.4, -0.2) is 47.5 Å². The van der Waals surface area contributed by atoms with Crippen molar-refractivity contribution < 1.29 is 34.7 Å². The second kappa shape index (κ2) is 9.40. The molecule has 7 heteroatoms. The smallest absolute Gasteiger partial charge is 0.160 e. The molecule has 0 aliphatic rings. The number of carbonyl (C=O) groups excluding carboxylic acids is 1. The lowest BCUT2D eigenvalue weighted by molar-refractivity contribution is 0.112. The number of carbonyl (C=O) groups is 1. The summed E-state index contributed by atoms with van der Waals surface area (Å²) in [5.41, 5.74) is 2.19. The van der Waals surface area contributed by atoms with E-state index in [9.17, 15) is 25.2 Å². The molecular weight excluding hydrogens is 400 g/mol. The zero-order valence-corrected chi connectivity index (χ0v) is 17.1. The number of methoxy groups -OCH3 is 2. The lowest BCUT2D eigenvalue weighted by Crippen LogP contribution is -2.17. The van der Waals surface area contributed by atoms with Crippen LogP contribution in [0.3, 0.4) is 0 Å². The minimum absolute atomic E-state index is 0.0262. The van der Waals surface area contributed by atoms with Crippen LogP contribution in [0.15, 0.2) is 54.6 Å². The molecule has 0 saturated heterocycles. The first-order chi connectivity index (χ1) is 14.9. The van der Waals surface area contributed by atoms with Gasteiger partial charge in [0.2, 0.25) is 0 Å². The summed E-state index contributed by atoms with van der Waals surface area (Å²) < 4.78 is 10.5. The summed E-state index contributed by atoms with van der Waals surface area (Å²) in [5.74, 6) is -0.651. The van der Waals surface area contributed by atoms with Gasteiger partial charge in [-0.2, -0.15) is 0 Å². The van der Waals surface area contributed by atoms with Crippen molar-refractivity contribution in [3.63, 3.8) is 0 Å². The highest BCUT2D eigenvalue weighted by molar-refractivity contribution is 5.79. The highest BCUT2D eigenvalue weighted by Crippen LogP contribution is 2.43. The van der Waals surface area contributed by atoms with Gasteiger partial charge in [0, 0.05) is 11.8 Å². The van der Waals surface area contributed by atoms with Gasteiger partial charge in [0.05, 0.1) is 26.4 Å². The van der Waals surface area contributed by atoms with Crippen molar-refractivity contribution in [2.45, 2.75) is 11.8 Å². The number of phenols is 3. The van der Waals surface area contributed by atoms with Gasteiger partial charge >= 0.3 is 0 Å². The molecule has 0 radical (unpaired) electrons. The van der Waals surface area contributed by atoms with Crippen molar-refractivity contribution in [1.82, 2.24) is 0 Å². The molecule has 7 nitrogen and oxygen atoms in total. The number of ether oxygens (including phenoxy) is 2. The molecule has 162 valence electrons. The van der Waals surface area contributed by atoms with Gasteiger partial charge in [-0.3, -0.25) is 4.79 Å². The number of hydrogen-bond acceptors (Lipinski definition) is 7. The van der Waals surface area contributed by atoms with E-state index in [2.05, 4.69) is 0 Å². The van der Waals surface area contributed by atoms with Crippen LogP contribution in [-0.2, 0) is 0 Å². The first-order valence-electron chi connectivity index (χ1n) is 9.56. The van der Waals surface area contributed by atoms with E-state index in [1.807, 2.05) is 0 Å². The maximum absolute atomic E-state index is 11.3. The van der Waals surface area contributed by atoms with E-state index in [1.54, 1.807) is 30.3 Å². The average molecular weight is 424 g/mol. The van der Waals surface area contributed by atoms with Gasteiger partial charge in [0.1, 0.15) is 5.75 Å². The number of aromatic hydroxyl groups is 3. The van der Waals surface area contributed by atoms with E-state index in [4.69, 9.17) is 9.47 Å². The Hall–Kier alpha value is -3.71. The standard InChI is InChI=1S/C24H24O7/c1-30-22-10-15(4-7-20(22)28)24(16-5-8-21(29)23(11-16)31-2)18(13-26)14-3-6-19(27)17(9-14)12-25/h3-12,18,24,26-29H,13H2,1-2H3. The zero-order chi connectivity index (χ0) is 22.5. The van der Waals surface area contributed by atoms with Crippen LogP contribution in [0, 0.1) is 0 Å². The van der Waals surface area contributed by atoms with E-state index in [-0.39, 0.29) is 40.9 Å². The fourth-order valence-electron chi connectivity index (χ4n) is 3.73. The molecule has 0 spiro atoms. The van der Waals surface area contributed by atoms with E-state index in [0.717, 1.165) is 11.1 Å². The Morgan fingerprint density at radius 3 is 1.71 bits per heavy atom. The molecular formula is C24H24O7. The first kappa shape index (κ1) is 22.0. The number of benzene rings is 3. The first-order valence-corrected chi connectivity index (χ1v) is 9.56. The largest absolute Gasteiger partial charge is 0.507 e. The zero-order valence-electron chi connectivity index (χ0n) is 17.1. The minimum Gasteiger partial charge on any atom is -0.507 e. The van der Waals surface area contributed by atoms with Crippen molar-refractivity contribution in [3.05, 3.63) is 76.9 Å². The van der Waals surface area contributed by atoms with E-state index < -0.39 is 11.8 Å². The normalized spacial score (nSPS) is 11.9. The Morgan fingerprint density at radius 2 is 1.26 bits per heavy atom. The summed E-state index contributed by atoms with van der Waals surface area (Å²) in [7, 11) is 2.88. The summed E-state index contributed by atoms with van der Waals surface area (Å²) >= 11 is 0. The third-order valence-electron chi connectivity index (χ3n) is 5.33. The van der Waals surface area contributed by atoms with Crippen LogP contribution in [0.25, 0.3) is 0 Å². The molecule has 0 amide bonds. The van der Waals surface area contributed by atoms with Crippen molar-refractivity contribution in [2.24, 2.45) is 0 Å². The Balaban J connectivity index is 2.22. The SMILES string of the molecule is COc1cc(C(c2ccc(O)c(OC)c2)C(CO)c2ccc(O)c(C=O)c2)ccc1O. The van der Waals surface area contributed by atoms with Crippen LogP contribution < -0.4 is 9.47 Å². The molecule has 1 atom stereocenters. The lowest BCUT2D eigenvalue weighted by Gasteiger charge is -2.28. The fourth-order valence-corrected chi connectivity index (χ4v) is 3.73. The third-order valence-corrected chi connectivity index (χ3v) is 5.33. The van der Waals surface area contributed by atoms with Gasteiger partial charge in [0.15, 0.2) is 29.3 Å². The minimum atomic E-state index is -0.525. The number of aldehydes is 1. The third kappa shape index (κ3) is 4.41. The monoisotopic (exact) mass is 424 g/mol. The lowest BCUT2D eigenvalue weighted by atomic mass is 9.77. The average Bonchev–Trinajstić information content (AvgIpc) is 2.79. The predicted octanol–water partition coefficient (Wildman–Crippen LogP) is 3.54. The molecule has 0 heterocycles. The van der Waals surface area contributed by atoms with E-state index in [1.165, 1.54) is 38.5 Å². The van der Waals surface area contributed by atoms with Crippen LogP contribution in [0.4, 0.5) is 0 Å². The van der Waals surface area contributed by atoms with Crippen molar-refractivity contribution in [2.75, 3.05) is 20.8 Å². The number of aliphatic hydroxyl groups excluding tert-OH is 1. The van der Waals surface area contributed by atoms with E-state index >= 15 is 0 Å². The van der Waals surface area contributed by atoms with Gasteiger partial charge in [-0.25, -0.2) is 0 Å². The maximum Gasteiger partial charge on any atom is 0.160 e. The molecule has 0 aliphatic carbocycles. The molecule has 0 saturated carbocycles. The summed E-state index contributed by atoms with van der Waals surface area (Å²) in [5, 5.41) is 40.3. The molecule has 3 aromatic rings. The Kier molecular flexibility index (Phi) is 6.67. The fraction of sp³-hybridized carbons (Fsp3) is 0.208. The highest BCUT2D eigenvalue weighted by atomic mass is 16.5. The molecule has 31 heavy (non-hydrogen) atoms. The molecule has 3 rings (SSSR count). The van der Waals surface area contributed by atoms with Gasteiger partial charge in [-0.15, -0.1) is 0 Å². The molecule has 0 bridgehead atoms. The quantitative estimate of drug-likeness (QED) is 0.409. The van der Waals surface area contributed by atoms with Crippen LogP contribution >= 0.6 is 0 Å². The van der Waals surface area contributed by atoms with Crippen LogP contribution in [0.2, 0.25) is 0 Å². The number of hydrogen-bond donors (Lipinski definition) is 4. The molecule has 4 N–H and O–H groups in total. The second-order valence-electron chi connectivity index (χ2n) is 7.07.